The van der Waals surface area contributed by atoms with Gasteiger partial charge in [0.2, 0.25) is 5.95 Å². The van der Waals surface area contributed by atoms with E-state index in [1.165, 1.54) is 31.2 Å². The molecule has 122 valence electrons. The molecule has 3 rings (SSSR count). The smallest absolute Gasteiger partial charge is 0.229 e. The van der Waals surface area contributed by atoms with Crippen LogP contribution < -0.4 is 10.2 Å². The highest BCUT2D eigenvalue weighted by atomic mass is 79.9. The van der Waals surface area contributed by atoms with E-state index in [0.29, 0.717) is 5.95 Å². The summed E-state index contributed by atoms with van der Waals surface area (Å²) in [6.45, 7) is 6.29. The summed E-state index contributed by atoms with van der Waals surface area (Å²) in [5.41, 5.74) is 3.20. The van der Waals surface area contributed by atoms with Crippen LogP contribution in [0, 0.1) is 13.8 Å². The van der Waals surface area contributed by atoms with Gasteiger partial charge in [-0.1, -0.05) is 28.8 Å². The van der Waals surface area contributed by atoms with E-state index in [1.807, 2.05) is 19.1 Å². The van der Waals surface area contributed by atoms with Crippen LogP contribution in [-0.4, -0.2) is 23.1 Å². The Morgan fingerprint density at radius 2 is 1.74 bits per heavy atom. The molecule has 0 amide bonds. The highest BCUT2D eigenvalue weighted by molar-refractivity contribution is 9.10. The summed E-state index contributed by atoms with van der Waals surface area (Å²) in [7, 11) is 0. The molecule has 0 bridgehead atoms. The Morgan fingerprint density at radius 3 is 2.43 bits per heavy atom. The first kappa shape index (κ1) is 16.2. The van der Waals surface area contributed by atoms with Gasteiger partial charge in [0.1, 0.15) is 5.82 Å². The van der Waals surface area contributed by atoms with E-state index in [0.717, 1.165) is 34.8 Å². The number of rotatable bonds is 3. The zero-order chi connectivity index (χ0) is 16.2. The van der Waals surface area contributed by atoms with Crippen LogP contribution in [0.4, 0.5) is 17.5 Å². The molecule has 0 radical (unpaired) electrons. The van der Waals surface area contributed by atoms with Crippen LogP contribution in [0.5, 0.6) is 0 Å². The number of aryl methyl sites for hydroxylation is 2. The van der Waals surface area contributed by atoms with Crippen LogP contribution in [-0.2, 0) is 0 Å². The predicted octanol–water partition coefficient (Wildman–Crippen LogP) is 4.98. The Balaban J connectivity index is 1.83. The first-order valence-corrected chi connectivity index (χ1v) is 9.05. The number of hydrogen-bond acceptors (Lipinski definition) is 4. The van der Waals surface area contributed by atoms with E-state index in [1.54, 1.807) is 0 Å². The van der Waals surface area contributed by atoms with Gasteiger partial charge in [0.15, 0.2) is 0 Å². The zero-order valence-electron chi connectivity index (χ0n) is 13.8. The number of nitrogens with one attached hydrogen (secondary N) is 1. The van der Waals surface area contributed by atoms with Crippen LogP contribution in [0.15, 0.2) is 28.7 Å². The van der Waals surface area contributed by atoms with E-state index in [4.69, 9.17) is 4.98 Å². The van der Waals surface area contributed by atoms with Crippen molar-refractivity contribution in [1.29, 1.82) is 0 Å². The van der Waals surface area contributed by atoms with Gasteiger partial charge in [0.25, 0.3) is 0 Å². The molecule has 5 heteroatoms. The van der Waals surface area contributed by atoms with Gasteiger partial charge < -0.3 is 10.2 Å². The first-order valence-electron chi connectivity index (χ1n) is 8.25. The molecule has 1 fully saturated rings. The molecule has 1 aliphatic heterocycles. The minimum absolute atomic E-state index is 0.672. The van der Waals surface area contributed by atoms with Crippen molar-refractivity contribution in [2.24, 2.45) is 0 Å². The number of anilines is 3. The molecule has 0 unspecified atom stereocenters. The van der Waals surface area contributed by atoms with Crippen molar-refractivity contribution >= 4 is 33.4 Å². The van der Waals surface area contributed by atoms with Crippen LogP contribution in [0.3, 0.4) is 0 Å². The standard InChI is InChI=1S/C18H23BrN4/c1-13-11-15(7-8-16(13)19)21-18-20-14(2)12-17(22-18)23-9-5-3-4-6-10-23/h7-8,11-12H,3-6,9-10H2,1-2H3,(H,20,21,22). The Labute approximate surface area is 146 Å². The SMILES string of the molecule is Cc1cc(N2CCCCCC2)nc(Nc2ccc(Br)c(C)c2)n1. The molecule has 0 atom stereocenters. The summed E-state index contributed by atoms with van der Waals surface area (Å²) < 4.78 is 1.11. The Morgan fingerprint density at radius 1 is 1.00 bits per heavy atom. The normalized spacial score (nSPS) is 15.3. The first-order chi connectivity index (χ1) is 11.1. The van der Waals surface area contributed by atoms with E-state index >= 15 is 0 Å². The second-order valence-electron chi connectivity index (χ2n) is 6.18. The number of hydrogen-bond donors (Lipinski definition) is 1. The molecule has 2 aromatic rings. The number of aromatic nitrogens is 2. The van der Waals surface area contributed by atoms with Gasteiger partial charge >= 0.3 is 0 Å². The fourth-order valence-electron chi connectivity index (χ4n) is 2.92. The number of halogens is 1. The van der Waals surface area contributed by atoms with Crippen molar-refractivity contribution in [2.45, 2.75) is 39.5 Å². The lowest BCUT2D eigenvalue weighted by Crippen LogP contribution is -2.25. The molecule has 0 aliphatic carbocycles. The third-order valence-corrected chi connectivity index (χ3v) is 5.07. The summed E-state index contributed by atoms with van der Waals surface area (Å²) in [5.74, 6) is 1.71. The average molecular weight is 375 g/mol. The summed E-state index contributed by atoms with van der Waals surface area (Å²) in [4.78, 5) is 11.7. The average Bonchev–Trinajstić information content (AvgIpc) is 2.80. The topological polar surface area (TPSA) is 41.1 Å². The second-order valence-corrected chi connectivity index (χ2v) is 7.04. The lowest BCUT2D eigenvalue weighted by atomic mass is 10.2. The number of nitrogens with zero attached hydrogens (tertiary/aromatic N) is 3. The van der Waals surface area contributed by atoms with Crippen LogP contribution in [0.2, 0.25) is 0 Å². The Bertz CT molecular complexity index is 679. The van der Waals surface area contributed by atoms with Gasteiger partial charge in [-0.3, -0.25) is 0 Å². The molecule has 2 heterocycles. The van der Waals surface area contributed by atoms with E-state index in [2.05, 4.69) is 50.2 Å². The predicted molar refractivity (Wildman–Crippen MR) is 99.6 cm³/mol. The fraction of sp³-hybridized carbons (Fsp3) is 0.444. The van der Waals surface area contributed by atoms with Gasteiger partial charge in [-0.2, -0.15) is 4.98 Å². The van der Waals surface area contributed by atoms with Gasteiger partial charge in [0, 0.05) is 35.0 Å². The summed E-state index contributed by atoms with van der Waals surface area (Å²) >= 11 is 3.53. The van der Waals surface area contributed by atoms with Gasteiger partial charge in [0.05, 0.1) is 0 Å². The molecule has 1 aromatic carbocycles. The van der Waals surface area contributed by atoms with E-state index in [9.17, 15) is 0 Å². The fourth-order valence-corrected chi connectivity index (χ4v) is 3.17. The molecule has 1 aliphatic rings. The molecule has 4 nitrogen and oxygen atoms in total. The lowest BCUT2D eigenvalue weighted by molar-refractivity contribution is 0.726. The van der Waals surface area contributed by atoms with Crippen molar-refractivity contribution in [3.8, 4) is 0 Å². The van der Waals surface area contributed by atoms with E-state index < -0.39 is 0 Å². The Kier molecular flexibility index (Phi) is 5.16. The van der Waals surface area contributed by atoms with Gasteiger partial charge in [-0.05, 0) is 50.5 Å². The lowest BCUT2D eigenvalue weighted by Gasteiger charge is -2.22. The highest BCUT2D eigenvalue weighted by Gasteiger charge is 2.13. The summed E-state index contributed by atoms with van der Waals surface area (Å²) in [6.07, 6.45) is 5.14. The maximum atomic E-state index is 4.74. The van der Waals surface area contributed by atoms with Crippen molar-refractivity contribution in [3.05, 3.63) is 40.0 Å². The Hall–Kier alpha value is -1.62. The maximum Gasteiger partial charge on any atom is 0.229 e. The van der Waals surface area contributed by atoms with Crippen molar-refractivity contribution in [3.63, 3.8) is 0 Å². The molecular weight excluding hydrogens is 352 g/mol. The largest absolute Gasteiger partial charge is 0.356 e. The molecule has 0 saturated carbocycles. The summed E-state index contributed by atoms with van der Waals surface area (Å²) in [6, 6.07) is 8.27. The van der Waals surface area contributed by atoms with Gasteiger partial charge in [-0.25, -0.2) is 4.98 Å². The highest BCUT2D eigenvalue weighted by Crippen LogP contribution is 2.24. The van der Waals surface area contributed by atoms with Gasteiger partial charge in [-0.15, -0.1) is 0 Å². The molecular formula is C18H23BrN4. The van der Waals surface area contributed by atoms with Crippen LogP contribution >= 0.6 is 15.9 Å². The van der Waals surface area contributed by atoms with Crippen molar-refractivity contribution in [1.82, 2.24) is 9.97 Å². The third kappa shape index (κ3) is 4.22. The zero-order valence-corrected chi connectivity index (χ0v) is 15.4. The minimum atomic E-state index is 0.672. The van der Waals surface area contributed by atoms with Crippen molar-refractivity contribution in [2.75, 3.05) is 23.3 Å². The summed E-state index contributed by atoms with van der Waals surface area (Å²) in [5, 5.41) is 3.34. The molecule has 1 N–H and O–H groups in total. The third-order valence-electron chi connectivity index (χ3n) is 4.18. The van der Waals surface area contributed by atoms with E-state index in [-0.39, 0.29) is 0 Å². The second kappa shape index (κ2) is 7.30. The quantitative estimate of drug-likeness (QED) is 0.822. The number of benzene rings is 1. The maximum absolute atomic E-state index is 4.74. The van der Waals surface area contributed by atoms with Crippen LogP contribution in [0.1, 0.15) is 36.9 Å². The van der Waals surface area contributed by atoms with Crippen LogP contribution in [0.25, 0.3) is 0 Å². The minimum Gasteiger partial charge on any atom is -0.356 e. The monoisotopic (exact) mass is 374 g/mol. The molecule has 1 aromatic heterocycles. The molecule has 23 heavy (non-hydrogen) atoms. The molecule has 1 saturated heterocycles. The molecule has 0 spiro atoms. The van der Waals surface area contributed by atoms with Crippen molar-refractivity contribution < 1.29 is 0 Å².